The molecule has 2 aliphatic heterocycles. The van der Waals surface area contributed by atoms with E-state index in [1.165, 1.54) is 45.2 Å². The Morgan fingerprint density at radius 3 is 1.22 bits per heavy atom. The lowest BCUT2D eigenvalue weighted by atomic mass is 10.1. The minimum atomic E-state index is -4.94. The first-order chi connectivity index (χ1) is 44.7. The van der Waals surface area contributed by atoms with Crippen molar-refractivity contribution in [3.05, 3.63) is 230 Å². The number of hydrogen-bond donors (Lipinski definition) is 3. The molecule has 0 saturated carbocycles. The standard InChI is InChI=1S/C32H32F7N5O4.C31H30F7N5O4/c1-19-28(42-14-12-41(13-15-42)16-20-10-11-27(48-20)32(37,38)39)29(45)44(18-25(40)21-6-3-4-9-26(21)47-2)30(46)43(19)17-22-23(31(34,35)36)7-5-8-24(22)33;1-18-27(41-13-11-40(12-14-41)15-19-9-10-26(47-19)31(36,37)38)28(45)43(17-24(39)20-5-2-3-8-25(20)44)29(46)42(18)16-21-22(30(33,34)35)6-4-7-23(21)32/h3-11,25H,12-18,40H2,1-2H3;2-10,24,44H,11-17,39H2,1H3/t25-;24-/m00/s1. The number of phenolic OH excluding ortho intramolecular Hbond substituents is 1. The van der Waals surface area contributed by atoms with Gasteiger partial charge in [-0.25, -0.2) is 18.4 Å². The zero-order chi connectivity index (χ0) is 69.2. The van der Waals surface area contributed by atoms with Crippen molar-refractivity contribution in [3.8, 4) is 11.5 Å². The predicted molar refractivity (Wildman–Crippen MR) is 318 cm³/mol. The van der Waals surface area contributed by atoms with Crippen molar-refractivity contribution in [1.82, 2.24) is 28.1 Å². The van der Waals surface area contributed by atoms with E-state index >= 15 is 0 Å². The third-order valence-electron chi connectivity index (χ3n) is 16.4. The largest absolute Gasteiger partial charge is 0.508 e. The van der Waals surface area contributed by atoms with E-state index in [0.717, 1.165) is 54.7 Å². The van der Waals surface area contributed by atoms with Crippen LogP contribution in [0.15, 0.2) is 137 Å². The van der Waals surface area contributed by atoms with Gasteiger partial charge in [-0.15, -0.1) is 0 Å². The number of methoxy groups -OCH3 is 1. The number of aromatic hydroxyl groups is 1. The molecular formula is C63H62F14N10O8. The van der Waals surface area contributed by atoms with Gasteiger partial charge in [-0.1, -0.05) is 48.5 Å². The number of aromatic nitrogens is 4. The summed E-state index contributed by atoms with van der Waals surface area (Å²) in [6.45, 7) is 2.04. The quantitative estimate of drug-likeness (QED) is 0.0725. The normalized spacial score (nSPS) is 15.2. The average molecular weight is 1350 g/mol. The number of nitrogens with two attached hydrogens (primary N) is 2. The summed E-state index contributed by atoms with van der Waals surface area (Å²) >= 11 is 0. The number of phenols is 1. The second kappa shape index (κ2) is 28.1. The highest BCUT2D eigenvalue weighted by Gasteiger charge is 2.39. The number of piperazine rings is 2. The van der Waals surface area contributed by atoms with E-state index in [9.17, 15) is 85.8 Å². The molecule has 0 unspecified atom stereocenters. The lowest BCUT2D eigenvalue weighted by Gasteiger charge is -2.36. The molecule has 2 aliphatic rings. The molecule has 2 saturated heterocycles. The monoisotopic (exact) mass is 1350 g/mol. The van der Waals surface area contributed by atoms with Crippen LogP contribution < -0.4 is 48.5 Å². The molecular weight excluding hydrogens is 1290 g/mol. The number of benzene rings is 4. The van der Waals surface area contributed by atoms with Crippen molar-refractivity contribution in [2.45, 2.75) is 89.9 Å². The van der Waals surface area contributed by atoms with Crippen LogP contribution in [0.2, 0.25) is 0 Å². The number of anilines is 2. The molecule has 0 aliphatic carbocycles. The molecule has 10 rings (SSSR count). The number of alkyl halides is 12. The van der Waals surface area contributed by atoms with Gasteiger partial charge in [0.1, 0.15) is 46.0 Å². The Hall–Kier alpha value is -9.14. The van der Waals surface area contributed by atoms with Gasteiger partial charge in [-0.05, 0) is 74.5 Å². The zero-order valence-corrected chi connectivity index (χ0v) is 50.8. The Morgan fingerprint density at radius 1 is 0.474 bits per heavy atom. The number of para-hydroxylation sites is 2. The minimum Gasteiger partial charge on any atom is -0.508 e. The molecule has 95 heavy (non-hydrogen) atoms. The van der Waals surface area contributed by atoms with Crippen LogP contribution in [0.4, 0.5) is 72.8 Å². The van der Waals surface area contributed by atoms with Gasteiger partial charge in [0.15, 0.2) is 0 Å². The van der Waals surface area contributed by atoms with Crippen LogP contribution in [-0.2, 0) is 64.0 Å². The first kappa shape index (κ1) is 70.2. The Bertz CT molecular complexity index is 4300. The van der Waals surface area contributed by atoms with E-state index < -0.39 is 124 Å². The van der Waals surface area contributed by atoms with Gasteiger partial charge in [-0.2, -0.15) is 52.7 Å². The van der Waals surface area contributed by atoms with Crippen LogP contribution >= 0.6 is 0 Å². The first-order valence-electron chi connectivity index (χ1n) is 29.2. The molecule has 2 fully saturated rings. The van der Waals surface area contributed by atoms with Crippen LogP contribution in [-0.4, -0.2) is 92.6 Å². The minimum absolute atomic E-state index is 0.00345. The third kappa shape index (κ3) is 15.7. The molecule has 5 N–H and O–H groups in total. The van der Waals surface area contributed by atoms with Gasteiger partial charge < -0.3 is 39.9 Å². The Morgan fingerprint density at radius 2 is 0.853 bits per heavy atom. The van der Waals surface area contributed by atoms with Crippen molar-refractivity contribution in [1.29, 1.82) is 0 Å². The second-order valence-corrected chi connectivity index (χ2v) is 22.5. The van der Waals surface area contributed by atoms with E-state index in [4.69, 9.17) is 25.0 Å². The molecule has 510 valence electrons. The first-order valence-corrected chi connectivity index (χ1v) is 29.2. The lowest BCUT2D eigenvalue weighted by Crippen LogP contribution is -2.51. The molecule has 32 heteroatoms. The van der Waals surface area contributed by atoms with Crippen LogP contribution in [0.25, 0.3) is 0 Å². The zero-order valence-electron chi connectivity index (χ0n) is 50.8. The topological polar surface area (TPSA) is 209 Å². The number of halogens is 14. The van der Waals surface area contributed by atoms with Gasteiger partial charge >= 0.3 is 36.1 Å². The summed E-state index contributed by atoms with van der Waals surface area (Å²) in [5, 5.41) is 10.3. The van der Waals surface area contributed by atoms with Gasteiger partial charge in [0, 0.05) is 86.0 Å². The second-order valence-electron chi connectivity index (χ2n) is 22.5. The molecule has 8 aromatic rings. The highest BCUT2D eigenvalue weighted by Crippen LogP contribution is 2.37. The number of ether oxygens (including phenoxy) is 1. The predicted octanol–water partition coefficient (Wildman–Crippen LogP) is 10.0. The number of furan rings is 2. The van der Waals surface area contributed by atoms with E-state index in [1.54, 1.807) is 51.1 Å². The summed E-state index contributed by atoms with van der Waals surface area (Å²) in [5.41, 5.74) is 5.68. The third-order valence-corrected chi connectivity index (χ3v) is 16.4. The van der Waals surface area contributed by atoms with E-state index in [-0.39, 0.29) is 118 Å². The van der Waals surface area contributed by atoms with Crippen LogP contribution in [0.5, 0.6) is 11.5 Å². The molecule has 18 nitrogen and oxygen atoms in total. The van der Waals surface area contributed by atoms with Crippen LogP contribution in [0, 0.1) is 25.5 Å². The molecule has 4 aromatic carbocycles. The maximum Gasteiger partial charge on any atom is 0.449 e. The van der Waals surface area contributed by atoms with Crippen molar-refractivity contribution in [3.63, 3.8) is 0 Å². The average Bonchev–Trinajstić information content (AvgIpc) is 1.29. The molecule has 4 aromatic heterocycles. The highest BCUT2D eigenvalue weighted by atomic mass is 19.4. The van der Waals surface area contributed by atoms with Crippen molar-refractivity contribution in [2.24, 2.45) is 11.5 Å². The van der Waals surface area contributed by atoms with Crippen molar-refractivity contribution >= 4 is 11.4 Å². The molecule has 0 spiro atoms. The Kier molecular flexibility index (Phi) is 20.7. The lowest BCUT2D eigenvalue weighted by molar-refractivity contribution is -0.154. The summed E-state index contributed by atoms with van der Waals surface area (Å²) < 4.78 is 210. The summed E-state index contributed by atoms with van der Waals surface area (Å²) in [5.74, 6) is -4.25. The fourth-order valence-electron chi connectivity index (χ4n) is 11.6. The molecule has 6 heterocycles. The van der Waals surface area contributed by atoms with Gasteiger partial charge in [0.25, 0.3) is 11.1 Å². The SMILES string of the molecule is COc1ccccc1[C@@H](N)Cn1c(=O)c(N2CCN(Cc3ccc(C(F)(F)F)o3)CC2)c(C)n(Cc2c(F)cccc2C(F)(F)F)c1=O.Cc1c(N2CCN(Cc3ccc(C(F)(F)F)o3)CC2)c(=O)n(C[C@H](N)c2ccccc2O)c(=O)n1Cc1c(F)cccc1C(F)(F)F. The van der Waals surface area contributed by atoms with Gasteiger partial charge in [-0.3, -0.25) is 37.7 Å². The Labute approximate surface area is 530 Å². The van der Waals surface area contributed by atoms with E-state index in [1.807, 2.05) is 4.90 Å². The molecule has 0 bridgehead atoms. The number of rotatable bonds is 17. The van der Waals surface area contributed by atoms with Gasteiger partial charge in [0.05, 0.1) is 69.6 Å². The smallest absolute Gasteiger partial charge is 0.449 e. The molecule has 0 amide bonds. The van der Waals surface area contributed by atoms with Gasteiger partial charge in [0.2, 0.25) is 11.5 Å². The van der Waals surface area contributed by atoms with Crippen molar-refractivity contribution < 1.29 is 80.1 Å². The summed E-state index contributed by atoms with van der Waals surface area (Å²) in [6.07, 6.45) is -19.1. The summed E-state index contributed by atoms with van der Waals surface area (Å²) in [4.78, 5) is 62.5. The van der Waals surface area contributed by atoms with E-state index in [0.29, 0.717) is 23.4 Å². The fraction of sp³-hybridized carbons (Fsp3) is 0.365. The maximum absolute atomic E-state index is 15.0. The fourth-order valence-corrected chi connectivity index (χ4v) is 11.6. The Balaban J connectivity index is 0.000000223. The highest BCUT2D eigenvalue weighted by molar-refractivity contribution is 5.52. The van der Waals surface area contributed by atoms with E-state index in [2.05, 4.69) is 0 Å². The number of nitrogens with zero attached hydrogens (tertiary/aromatic N) is 8. The maximum atomic E-state index is 15.0. The summed E-state index contributed by atoms with van der Waals surface area (Å²) in [6, 6.07) is 19.7. The van der Waals surface area contributed by atoms with Crippen molar-refractivity contribution in [2.75, 3.05) is 69.3 Å². The summed E-state index contributed by atoms with van der Waals surface area (Å²) in [7, 11) is 1.42. The van der Waals surface area contributed by atoms with Crippen LogP contribution in [0.3, 0.4) is 0 Å². The van der Waals surface area contributed by atoms with Crippen LogP contribution in [0.1, 0.15) is 79.9 Å². The molecule has 2 atom stereocenters. The number of hydrogen-bond acceptors (Lipinski definition) is 14. The molecule has 0 radical (unpaired) electrons.